The fourth-order valence-corrected chi connectivity index (χ4v) is 6.77. The van der Waals surface area contributed by atoms with Crippen LogP contribution in [0.1, 0.15) is 48.0 Å². The van der Waals surface area contributed by atoms with E-state index in [2.05, 4.69) is 62.1 Å². The SMILES string of the molecule is O=C(Nc1cc(C(=O)N2CCNCC2)ccc1N1CCN(Cc2ccccc2-c2ccc(Cl)cc2)CC1)NC1CCCCC1. The molecule has 2 saturated heterocycles. The molecule has 0 bridgehead atoms. The molecule has 3 fully saturated rings. The van der Waals surface area contributed by atoms with Crippen LogP contribution in [0.25, 0.3) is 11.1 Å². The number of piperazine rings is 2. The summed E-state index contributed by atoms with van der Waals surface area (Å²) in [5.74, 6) is 0.0120. The number of urea groups is 1. The molecule has 1 saturated carbocycles. The first kappa shape index (κ1) is 30.4. The zero-order valence-corrected chi connectivity index (χ0v) is 26.1. The quantitative estimate of drug-likeness (QED) is 0.312. The maximum Gasteiger partial charge on any atom is 0.319 e. The first-order valence-electron chi connectivity index (χ1n) is 16.1. The third-order valence-corrected chi connectivity index (χ3v) is 9.37. The third-order valence-electron chi connectivity index (χ3n) is 9.12. The molecule has 3 N–H and O–H groups in total. The summed E-state index contributed by atoms with van der Waals surface area (Å²) in [6.07, 6.45) is 5.58. The van der Waals surface area contributed by atoms with Gasteiger partial charge in [0.15, 0.2) is 0 Å². The van der Waals surface area contributed by atoms with Crippen LogP contribution in [0.4, 0.5) is 16.2 Å². The van der Waals surface area contributed by atoms with Gasteiger partial charge in [0.25, 0.3) is 5.91 Å². The fourth-order valence-electron chi connectivity index (χ4n) is 6.64. The van der Waals surface area contributed by atoms with Crippen molar-refractivity contribution in [1.82, 2.24) is 20.4 Å². The molecule has 232 valence electrons. The number of carbonyl (C=O) groups is 2. The molecular weight excluding hydrogens is 572 g/mol. The summed E-state index contributed by atoms with van der Waals surface area (Å²) < 4.78 is 0. The molecule has 2 heterocycles. The van der Waals surface area contributed by atoms with Crippen molar-refractivity contribution in [3.63, 3.8) is 0 Å². The van der Waals surface area contributed by atoms with Crippen molar-refractivity contribution < 1.29 is 9.59 Å². The molecular formula is C35H43ClN6O2. The first-order chi connectivity index (χ1) is 21.5. The van der Waals surface area contributed by atoms with Gasteiger partial charge < -0.3 is 25.8 Å². The van der Waals surface area contributed by atoms with Gasteiger partial charge in [0, 0.05) is 75.5 Å². The second-order valence-corrected chi connectivity index (χ2v) is 12.6. The van der Waals surface area contributed by atoms with Crippen molar-refractivity contribution in [1.29, 1.82) is 0 Å². The minimum atomic E-state index is -0.192. The molecule has 8 nitrogen and oxygen atoms in total. The van der Waals surface area contributed by atoms with Crippen molar-refractivity contribution >= 4 is 34.9 Å². The Bertz CT molecular complexity index is 1430. The monoisotopic (exact) mass is 614 g/mol. The summed E-state index contributed by atoms with van der Waals surface area (Å²) >= 11 is 6.14. The Kier molecular flexibility index (Phi) is 10.0. The second-order valence-electron chi connectivity index (χ2n) is 12.1. The maximum absolute atomic E-state index is 13.3. The fraction of sp³-hybridized carbons (Fsp3) is 0.429. The number of nitrogens with zero attached hydrogens (tertiary/aromatic N) is 3. The van der Waals surface area contributed by atoms with Crippen LogP contribution in [0.5, 0.6) is 0 Å². The van der Waals surface area contributed by atoms with Crippen LogP contribution in [-0.4, -0.2) is 80.1 Å². The Morgan fingerprint density at radius 1 is 0.841 bits per heavy atom. The predicted molar refractivity (Wildman–Crippen MR) is 179 cm³/mol. The summed E-state index contributed by atoms with van der Waals surface area (Å²) in [6.45, 7) is 7.28. The molecule has 6 rings (SSSR count). The minimum Gasteiger partial charge on any atom is -0.367 e. The van der Waals surface area contributed by atoms with Crippen molar-refractivity contribution in [3.05, 3.63) is 82.9 Å². The van der Waals surface area contributed by atoms with Gasteiger partial charge in [0.1, 0.15) is 0 Å². The molecule has 3 aliphatic rings. The average molecular weight is 615 g/mol. The number of nitrogens with one attached hydrogen (secondary N) is 3. The van der Waals surface area contributed by atoms with E-state index >= 15 is 0 Å². The highest BCUT2D eigenvalue weighted by atomic mass is 35.5. The van der Waals surface area contributed by atoms with E-state index in [-0.39, 0.29) is 18.0 Å². The topological polar surface area (TPSA) is 80.0 Å². The number of hydrogen-bond donors (Lipinski definition) is 3. The molecule has 0 atom stereocenters. The lowest BCUT2D eigenvalue weighted by atomic mass is 9.96. The van der Waals surface area contributed by atoms with E-state index in [0.29, 0.717) is 24.3 Å². The standard InChI is InChI=1S/C35H43ClN6O2/c36-29-13-10-26(11-14-29)31-9-5-4-6-28(31)25-40-20-22-41(23-21-40)33-15-12-27(34(43)42-18-16-37-17-19-42)24-32(33)39-35(44)38-30-7-2-1-3-8-30/h4-6,9-15,24,30,37H,1-3,7-8,16-23,25H2,(H2,38,39,44). The van der Waals surface area contributed by atoms with Crippen LogP contribution in [0, 0.1) is 0 Å². The van der Waals surface area contributed by atoms with Gasteiger partial charge in [-0.1, -0.05) is 67.3 Å². The van der Waals surface area contributed by atoms with Crippen molar-refractivity contribution in [2.45, 2.75) is 44.7 Å². The zero-order valence-electron chi connectivity index (χ0n) is 25.4. The Morgan fingerprint density at radius 2 is 1.57 bits per heavy atom. The molecule has 0 unspecified atom stereocenters. The number of benzene rings is 3. The lowest BCUT2D eigenvalue weighted by Crippen LogP contribution is -2.47. The molecule has 44 heavy (non-hydrogen) atoms. The van der Waals surface area contributed by atoms with Crippen molar-refractivity contribution in [2.24, 2.45) is 0 Å². The molecule has 9 heteroatoms. The van der Waals surface area contributed by atoms with E-state index < -0.39 is 0 Å². The van der Waals surface area contributed by atoms with Crippen LogP contribution in [0.15, 0.2) is 66.7 Å². The van der Waals surface area contributed by atoms with E-state index in [4.69, 9.17) is 11.6 Å². The summed E-state index contributed by atoms with van der Waals surface area (Å²) in [5.41, 5.74) is 5.96. The van der Waals surface area contributed by atoms with Crippen molar-refractivity contribution in [2.75, 3.05) is 62.6 Å². The third kappa shape index (κ3) is 7.54. The van der Waals surface area contributed by atoms with E-state index in [1.54, 1.807) is 0 Å². The highest BCUT2D eigenvalue weighted by Crippen LogP contribution is 2.31. The van der Waals surface area contributed by atoms with E-state index in [1.165, 1.54) is 23.1 Å². The number of rotatable bonds is 7. The average Bonchev–Trinajstić information content (AvgIpc) is 3.06. The van der Waals surface area contributed by atoms with Crippen LogP contribution in [0.2, 0.25) is 5.02 Å². The molecule has 3 aromatic rings. The van der Waals surface area contributed by atoms with Crippen LogP contribution in [-0.2, 0) is 6.54 Å². The highest BCUT2D eigenvalue weighted by molar-refractivity contribution is 6.30. The van der Waals surface area contributed by atoms with Crippen LogP contribution < -0.4 is 20.9 Å². The minimum absolute atomic E-state index is 0.0120. The number of halogens is 1. The number of hydrogen-bond acceptors (Lipinski definition) is 5. The molecule has 3 aromatic carbocycles. The molecule has 3 amide bonds. The molecule has 2 aliphatic heterocycles. The Morgan fingerprint density at radius 3 is 2.32 bits per heavy atom. The smallest absolute Gasteiger partial charge is 0.319 e. The Labute approximate surface area is 265 Å². The molecule has 1 aliphatic carbocycles. The molecule has 0 aromatic heterocycles. The zero-order chi connectivity index (χ0) is 30.3. The van der Waals surface area contributed by atoms with Crippen LogP contribution >= 0.6 is 11.6 Å². The Balaban J connectivity index is 1.16. The van der Waals surface area contributed by atoms with Gasteiger partial charge in [-0.3, -0.25) is 9.69 Å². The van der Waals surface area contributed by atoms with E-state index in [0.717, 1.165) is 82.2 Å². The Hall–Kier alpha value is -3.59. The second kappa shape index (κ2) is 14.5. The molecule has 0 spiro atoms. The highest BCUT2D eigenvalue weighted by Gasteiger charge is 2.25. The number of amides is 3. The largest absolute Gasteiger partial charge is 0.367 e. The lowest BCUT2D eigenvalue weighted by molar-refractivity contribution is 0.0736. The first-order valence-corrected chi connectivity index (χ1v) is 16.4. The summed E-state index contributed by atoms with van der Waals surface area (Å²) in [6, 6.07) is 22.4. The number of carbonyl (C=O) groups excluding carboxylic acids is 2. The van der Waals surface area contributed by atoms with Gasteiger partial charge in [0.05, 0.1) is 11.4 Å². The summed E-state index contributed by atoms with van der Waals surface area (Å²) in [7, 11) is 0. The lowest BCUT2D eigenvalue weighted by Gasteiger charge is -2.37. The van der Waals surface area contributed by atoms with Crippen molar-refractivity contribution in [3.8, 4) is 11.1 Å². The summed E-state index contributed by atoms with van der Waals surface area (Å²) in [5, 5.41) is 10.4. The predicted octanol–water partition coefficient (Wildman–Crippen LogP) is 5.83. The van der Waals surface area contributed by atoms with Gasteiger partial charge in [-0.15, -0.1) is 0 Å². The van der Waals surface area contributed by atoms with Crippen LogP contribution in [0.3, 0.4) is 0 Å². The summed E-state index contributed by atoms with van der Waals surface area (Å²) in [4.78, 5) is 33.2. The van der Waals surface area contributed by atoms with Gasteiger partial charge in [0.2, 0.25) is 0 Å². The molecule has 0 radical (unpaired) electrons. The van der Waals surface area contributed by atoms with E-state index in [1.807, 2.05) is 35.2 Å². The van der Waals surface area contributed by atoms with E-state index in [9.17, 15) is 9.59 Å². The van der Waals surface area contributed by atoms with Gasteiger partial charge >= 0.3 is 6.03 Å². The van der Waals surface area contributed by atoms with Gasteiger partial charge in [-0.2, -0.15) is 0 Å². The number of anilines is 2. The normalized spacial score (nSPS) is 18.2. The maximum atomic E-state index is 13.3. The van der Waals surface area contributed by atoms with Gasteiger partial charge in [-0.25, -0.2) is 4.79 Å². The van der Waals surface area contributed by atoms with Gasteiger partial charge in [-0.05, 0) is 59.9 Å².